The first kappa shape index (κ1) is 24.8. The Morgan fingerprint density at radius 3 is 2.59 bits per heavy atom. The molecule has 3 rings (SSSR count). The fourth-order valence-corrected chi connectivity index (χ4v) is 4.57. The van der Waals surface area contributed by atoms with E-state index in [0.717, 1.165) is 64.1 Å². The Morgan fingerprint density at radius 1 is 1.16 bits per heavy atom. The Bertz CT molecular complexity index is 737. The van der Waals surface area contributed by atoms with Gasteiger partial charge in [0.05, 0.1) is 0 Å². The Hall–Kier alpha value is -1.87. The van der Waals surface area contributed by atoms with E-state index >= 15 is 0 Å². The number of amides is 1. The number of likely N-dealkylation sites (tertiary alicyclic amines) is 1. The lowest BCUT2D eigenvalue weighted by molar-refractivity contribution is -0.182. The third-order valence-electron chi connectivity index (χ3n) is 6.67. The summed E-state index contributed by atoms with van der Waals surface area (Å²) in [5.74, 6) is 0.667. The smallest absolute Gasteiger partial charge is 0.355 e. The number of halogens is 3. The molecule has 9 heteroatoms. The second-order valence-corrected chi connectivity index (χ2v) is 8.85. The SMILES string of the molecule is CCCCNC(=O)c1cccc(N2CCCN(C3CCN([C@@H](C)C(F)(F)F)CC3)CC2)n1. The van der Waals surface area contributed by atoms with Gasteiger partial charge < -0.3 is 10.2 Å². The number of carbonyl (C=O) groups is 1. The summed E-state index contributed by atoms with van der Waals surface area (Å²) in [7, 11) is 0. The van der Waals surface area contributed by atoms with E-state index in [1.54, 1.807) is 11.0 Å². The molecule has 1 aromatic heterocycles. The van der Waals surface area contributed by atoms with Crippen molar-refractivity contribution in [2.75, 3.05) is 50.7 Å². The van der Waals surface area contributed by atoms with E-state index in [1.165, 1.54) is 6.92 Å². The van der Waals surface area contributed by atoms with Crippen LogP contribution in [0, 0.1) is 0 Å². The highest BCUT2D eigenvalue weighted by atomic mass is 19.4. The number of unbranched alkanes of at least 4 members (excludes halogenated alkanes) is 1. The van der Waals surface area contributed by atoms with Gasteiger partial charge in [0.2, 0.25) is 0 Å². The van der Waals surface area contributed by atoms with Gasteiger partial charge >= 0.3 is 6.18 Å². The van der Waals surface area contributed by atoms with Crippen LogP contribution in [0.2, 0.25) is 0 Å². The van der Waals surface area contributed by atoms with E-state index < -0.39 is 12.2 Å². The molecule has 180 valence electrons. The molecule has 0 bridgehead atoms. The molecule has 6 nitrogen and oxygen atoms in total. The van der Waals surface area contributed by atoms with Gasteiger partial charge in [0.25, 0.3) is 5.91 Å². The van der Waals surface area contributed by atoms with Gasteiger partial charge in [-0.25, -0.2) is 4.98 Å². The van der Waals surface area contributed by atoms with Crippen molar-refractivity contribution in [2.45, 2.75) is 64.2 Å². The van der Waals surface area contributed by atoms with Crippen LogP contribution in [0.5, 0.6) is 0 Å². The fraction of sp³-hybridized carbons (Fsp3) is 0.739. The summed E-state index contributed by atoms with van der Waals surface area (Å²) in [6.45, 7) is 8.42. The van der Waals surface area contributed by atoms with Crippen molar-refractivity contribution in [3.8, 4) is 0 Å². The summed E-state index contributed by atoms with van der Waals surface area (Å²) in [6, 6.07) is 4.51. The summed E-state index contributed by atoms with van der Waals surface area (Å²) in [4.78, 5) is 23.1. The number of alkyl halides is 3. The van der Waals surface area contributed by atoms with Crippen molar-refractivity contribution in [2.24, 2.45) is 0 Å². The van der Waals surface area contributed by atoms with Crippen LogP contribution < -0.4 is 10.2 Å². The molecule has 1 N–H and O–H groups in total. The molecule has 1 aromatic rings. The molecule has 3 heterocycles. The minimum Gasteiger partial charge on any atom is -0.355 e. The minimum absolute atomic E-state index is 0.142. The largest absolute Gasteiger partial charge is 0.403 e. The van der Waals surface area contributed by atoms with Gasteiger partial charge in [0, 0.05) is 51.9 Å². The van der Waals surface area contributed by atoms with E-state index in [2.05, 4.69) is 27.0 Å². The lowest BCUT2D eigenvalue weighted by atomic mass is 10.0. The summed E-state index contributed by atoms with van der Waals surface area (Å²) in [6.07, 6.45) is 0.316. The van der Waals surface area contributed by atoms with E-state index in [1.807, 2.05) is 12.1 Å². The number of nitrogens with zero attached hydrogens (tertiary/aromatic N) is 4. The van der Waals surface area contributed by atoms with Gasteiger partial charge in [-0.1, -0.05) is 19.4 Å². The van der Waals surface area contributed by atoms with Gasteiger partial charge in [-0.2, -0.15) is 13.2 Å². The van der Waals surface area contributed by atoms with Gasteiger partial charge in [0.15, 0.2) is 0 Å². The van der Waals surface area contributed by atoms with Crippen LogP contribution >= 0.6 is 0 Å². The number of hydrogen-bond donors (Lipinski definition) is 1. The van der Waals surface area contributed by atoms with Crippen molar-refractivity contribution < 1.29 is 18.0 Å². The van der Waals surface area contributed by atoms with E-state index in [4.69, 9.17) is 0 Å². The van der Waals surface area contributed by atoms with Crippen molar-refractivity contribution in [3.05, 3.63) is 23.9 Å². The molecule has 0 radical (unpaired) electrons. The maximum atomic E-state index is 13.0. The van der Waals surface area contributed by atoms with Crippen LogP contribution in [0.3, 0.4) is 0 Å². The Morgan fingerprint density at radius 2 is 1.91 bits per heavy atom. The normalized spacial score (nSPS) is 20.7. The fourth-order valence-electron chi connectivity index (χ4n) is 4.57. The van der Waals surface area contributed by atoms with Crippen LogP contribution in [0.1, 0.15) is 56.4 Å². The van der Waals surface area contributed by atoms with Gasteiger partial charge in [-0.3, -0.25) is 14.6 Å². The van der Waals surface area contributed by atoms with Crippen LogP contribution in [0.25, 0.3) is 0 Å². The highest BCUT2D eigenvalue weighted by molar-refractivity contribution is 5.92. The number of nitrogens with one attached hydrogen (secondary N) is 1. The first-order valence-electron chi connectivity index (χ1n) is 11.8. The molecule has 2 saturated heterocycles. The number of carbonyl (C=O) groups excluding carboxylic acids is 1. The van der Waals surface area contributed by atoms with E-state index in [9.17, 15) is 18.0 Å². The number of piperidine rings is 1. The average molecular weight is 456 g/mol. The summed E-state index contributed by atoms with van der Waals surface area (Å²) < 4.78 is 39.0. The molecule has 0 unspecified atom stereocenters. The highest BCUT2D eigenvalue weighted by Gasteiger charge is 2.41. The number of aromatic nitrogens is 1. The number of anilines is 1. The molecule has 2 aliphatic heterocycles. The minimum atomic E-state index is -4.16. The molecule has 1 atom stereocenters. The Labute approximate surface area is 189 Å². The highest BCUT2D eigenvalue weighted by Crippen LogP contribution is 2.28. The van der Waals surface area contributed by atoms with Gasteiger partial charge in [-0.15, -0.1) is 0 Å². The monoisotopic (exact) mass is 455 g/mol. The molecular weight excluding hydrogens is 419 g/mol. The Kier molecular flexibility index (Phi) is 8.76. The zero-order valence-electron chi connectivity index (χ0n) is 19.2. The van der Waals surface area contributed by atoms with Gasteiger partial charge in [-0.05, 0) is 44.7 Å². The van der Waals surface area contributed by atoms with Gasteiger partial charge in [0.1, 0.15) is 17.6 Å². The Balaban J connectivity index is 1.52. The molecule has 0 aliphatic carbocycles. The van der Waals surface area contributed by atoms with E-state index in [-0.39, 0.29) is 5.91 Å². The van der Waals surface area contributed by atoms with Crippen LogP contribution in [-0.4, -0.2) is 84.8 Å². The first-order valence-corrected chi connectivity index (χ1v) is 11.8. The quantitative estimate of drug-likeness (QED) is 0.638. The van der Waals surface area contributed by atoms with Crippen molar-refractivity contribution >= 4 is 11.7 Å². The standard InChI is InChI=1S/C23H36F3N5O/c1-3-4-11-27-22(32)20-7-5-8-21(28-20)31-13-6-12-30(16-17-31)19-9-14-29(15-10-19)18(2)23(24,25)26/h5,7-8,18-19H,3-4,6,9-17H2,1-2H3,(H,27,32)/t18-/m0/s1. The molecule has 0 saturated carbocycles. The van der Waals surface area contributed by atoms with Crippen molar-refractivity contribution in [1.82, 2.24) is 20.1 Å². The second-order valence-electron chi connectivity index (χ2n) is 8.85. The number of hydrogen-bond acceptors (Lipinski definition) is 5. The third-order valence-corrected chi connectivity index (χ3v) is 6.67. The molecule has 2 aliphatic rings. The topological polar surface area (TPSA) is 51.7 Å². The molecule has 0 aromatic carbocycles. The first-order chi connectivity index (χ1) is 15.3. The third kappa shape index (κ3) is 6.57. The van der Waals surface area contributed by atoms with Crippen molar-refractivity contribution in [1.29, 1.82) is 0 Å². The predicted octanol–water partition coefficient (Wildman–Crippen LogP) is 3.54. The molecule has 32 heavy (non-hydrogen) atoms. The molecule has 0 spiro atoms. The zero-order valence-corrected chi connectivity index (χ0v) is 19.2. The molecular formula is C23H36F3N5O. The van der Waals surface area contributed by atoms with Crippen LogP contribution in [0.15, 0.2) is 18.2 Å². The maximum absolute atomic E-state index is 13.0. The zero-order chi connectivity index (χ0) is 23.1. The van der Waals surface area contributed by atoms with E-state index in [0.29, 0.717) is 31.4 Å². The van der Waals surface area contributed by atoms with Crippen molar-refractivity contribution in [3.63, 3.8) is 0 Å². The van der Waals surface area contributed by atoms with Crippen LogP contribution in [-0.2, 0) is 0 Å². The lowest BCUT2D eigenvalue weighted by Gasteiger charge is -2.40. The summed E-state index contributed by atoms with van der Waals surface area (Å²) in [5, 5.41) is 2.91. The lowest BCUT2D eigenvalue weighted by Crippen LogP contribution is -2.51. The number of rotatable bonds is 7. The second kappa shape index (κ2) is 11.3. The predicted molar refractivity (Wildman–Crippen MR) is 120 cm³/mol. The molecule has 2 fully saturated rings. The van der Waals surface area contributed by atoms with Crippen LogP contribution in [0.4, 0.5) is 19.0 Å². The summed E-state index contributed by atoms with van der Waals surface area (Å²) in [5.41, 5.74) is 0.436. The summed E-state index contributed by atoms with van der Waals surface area (Å²) >= 11 is 0. The molecule has 1 amide bonds. The number of pyridine rings is 1. The maximum Gasteiger partial charge on any atom is 0.403 e. The average Bonchev–Trinajstić information content (AvgIpc) is 3.05.